The zero-order chi connectivity index (χ0) is 27.8. The van der Waals surface area contributed by atoms with Crippen LogP contribution in [0.1, 0.15) is 116 Å². The summed E-state index contributed by atoms with van der Waals surface area (Å²) in [6, 6.07) is 7.09. The van der Waals surface area contributed by atoms with Gasteiger partial charge >= 0.3 is 0 Å². The predicted molar refractivity (Wildman–Crippen MR) is 163 cm³/mol. The SMILES string of the molecule is CCCCCCCCCCCCCCCCNC(=O)[C@@H](N)CCCCN.Nc1nc2ccccc2nc1N. The zero-order valence-corrected chi connectivity index (χ0v) is 23.9. The average molecular weight is 530 g/mol. The van der Waals surface area contributed by atoms with Gasteiger partial charge in [-0.25, -0.2) is 9.97 Å². The normalized spacial score (nSPS) is 11.7. The molecule has 1 atom stereocenters. The monoisotopic (exact) mass is 529 g/mol. The minimum absolute atomic E-state index is 0.00304. The number of nitrogens with zero attached hydrogens (tertiary/aromatic N) is 2. The van der Waals surface area contributed by atoms with E-state index in [1.54, 1.807) is 0 Å². The van der Waals surface area contributed by atoms with E-state index in [0.29, 0.717) is 6.54 Å². The Balaban J connectivity index is 0.000000491. The molecule has 0 fully saturated rings. The number of hydrogen-bond acceptors (Lipinski definition) is 7. The van der Waals surface area contributed by atoms with Gasteiger partial charge in [0, 0.05) is 6.54 Å². The second-order valence-corrected chi connectivity index (χ2v) is 10.3. The maximum absolute atomic E-state index is 11.8. The maximum Gasteiger partial charge on any atom is 0.236 e. The maximum atomic E-state index is 11.8. The van der Waals surface area contributed by atoms with E-state index < -0.39 is 0 Å². The second-order valence-electron chi connectivity index (χ2n) is 10.3. The zero-order valence-electron chi connectivity index (χ0n) is 23.9. The summed E-state index contributed by atoms with van der Waals surface area (Å²) in [7, 11) is 0. The van der Waals surface area contributed by atoms with Crippen molar-refractivity contribution in [1.29, 1.82) is 0 Å². The molecule has 8 heteroatoms. The van der Waals surface area contributed by atoms with E-state index in [-0.39, 0.29) is 23.6 Å². The van der Waals surface area contributed by atoms with Crippen molar-refractivity contribution >= 4 is 28.6 Å². The summed E-state index contributed by atoms with van der Waals surface area (Å²) in [6.07, 6.45) is 21.6. The molecule has 38 heavy (non-hydrogen) atoms. The highest BCUT2D eigenvalue weighted by Crippen LogP contribution is 2.15. The molecule has 0 spiro atoms. The lowest BCUT2D eigenvalue weighted by Gasteiger charge is -2.11. The molecule has 0 saturated heterocycles. The molecule has 1 aromatic carbocycles. The van der Waals surface area contributed by atoms with Gasteiger partial charge in [0.2, 0.25) is 5.91 Å². The number of carbonyl (C=O) groups is 1. The van der Waals surface area contributed by atoms with E-state index in [2.05, 4.69) is 22.2 Å². The molecular formula is C30H55N7O. The molecule has 2 rings (SSSR count). The lowest BCUT2D eigenvalue weighted by atomic mass is 10.0. The van der Waals surface area contributed by atoms with Crippen LogP contribution in [0.2, 0.25) is 0 Å². The summed E-state index contributed by atoms with van der Waals surface area (Å²) in [5.74, 6) is 0.569. The number of anilines is 2. The molecular weight excluding hydrogens is 474 g/mol. The first kappa shape index (κ1) is 33.6. The molecule has 0 unspecified atom stereocenters. The first-order valence-electron chi connectivity index (χ1n) is 15.0. The summed E-state index contributed by atoms with van der Waals surface area (Å²) in [5, 5.41) is 2.96. The summed E-state index contributed by atoms with van der Waals surface area (Å²) in [4.78, 5) is 19.9. The van der Waals surface area contributed by atoms with Crippen molar-refractivity contribution in [2.24, 2.45) is 11.5 Å². The summed E-state index contributed by atoms with van der Waals surface area (Å²) in [6.45, 7) is 3.71. The Morgan fingerprint density at radius 1 is 0.737 bits per heavy atom. The van der Waals surface area contributed by atoms with Crippen molar-refractivity contribution in [3.63, 3.8) is 0 Å². The lowest BCUT2D eigenvalue weighted by Crippen LogP contribution is -2.40. The van der Waals surface area contributed by atoms with Crippen LogP contribution in [-0.4, -0.2) is 35.0 Å². The summed E-state index contributed by atoms with van der Waals surface area (Å²) < 4.78 is 0. The molecule has 1 amide bonds. The van der Waals surface area contributed by atoms with Crippen molar-refractivity contribution in [3.8, 4) is 0 Å². The fourth-order valence-electron chi connectivity index (χ4n) is 4.33. The number of carbonyl (C=O) groups excluding carboxylic acids is 1. The van der Waals surface area contributed by atoms with E-state index in [1.807, 2.05) is 24.3 Å². The largest absolute Gasteiger partial charge is 0.381 e. The smallest absolute Gasteiger partial charge is 0.236 e. The van der Waals surface area contributed by atoms with Crippen molar-refractivity contribution in [2.45, 2.75) is 122 Å². The van der Waals surface area contributed by atoms with Gasteiger partial charge in [0.05, 0.1) is 17.1 Å². The third kappa shape index (κ3) is 16.4. The van der Waals surface area contributed by atoms with Gasteiger partial charge in [-0.05, 0) is 37.9 Å². The number of hydrogen-bond donors (Lipinski definition) is 5. The number of aromatic nitrogens is 2. The predicted octanol–water partition coefficient (Wildman–Crippen LogP) is 5.83. The number of rotatable bonds is 20. The summed E-state index contributed by atoms with van der Waals surface area (Å²) >= 11 is 0. The first-order valence-corrected chi connectivity index (χ1v) is 15.0. The molecule has 0 aliphatic carbocycles. The highest BCUT2D eigenvalue weighted by molar-refractivity contribution is 5.81. The average Bonchev–Trinajstić information content (AvgIpc) is 2.92. The third-order valence-corrected chi connectivity index (χ3v) is 6.76. The molecule has 0 aliphatic heterocycles. The van der Waals surface area contributed by atoms with Crippen LogP contribution in [0.3, 0.4) is 0 Å². The molecule has 0 radical (unpaired) electrons. The molecule has 0 saturated carbocycles. The molecule has 216 valence electrons. The molecule has 9 N–H and O–H groups in total. The van der Waals surface area contributed by atoms with Crippen LogP contribution in [0.5, 0.6) is 0 Å². The van der Waals surface area contributed by atoms with Gasteiger partial charge in [-0.1, -0.05) is 109 Å². The minimum atomic E-state index is -0.367. The molecule has 0 aliphatic rings. The minimum Gasteiger partial charge on any atom is -0.381 e. The Labute approximate surface area is 231 Å². The van der Waals surface area contributed by atoms with E-state index in [1.165, 1.54) is 83.5 Å². The van der Waals surface area contributed by atoms with Gasteiger partial charge in [-0.15, -0.1) is 0 Å². The summed E-state index contributed by atoms with van der Waals surface area (Å²) in [5.41, 5.74) is 23.8. The molecule has 1 heterocycles. The van der Waals surface area contributed by atoms with Gasteiger partial charge < -0.3 is 28.3 Å². The highest BCUT2D eigenvalue weighted by Gasteiger charge is 2.11. The van der Waals surface area contributed by atoms with Crippen LogP contribution < -0.4 is 28.3 Å². The van der Waals surface area contributed by atoms with Gasteiger partial charge in [0.1, 0.15) is 0 Å². The fraction of sp³-hybridized carbons (Fsp3) is 0.700. The number of nitrogens with two attached hydrogens (primary N) is 4. The highest BCUT2D eigenvalue weighted by atomic mass is 16.2. The number of nitrogen functional groups attached to an aromatic ring is 2. The van der Waals surface area contributed by atoms with E-state index in [4.69, 9.17) is 22.9 Å². The van der Waals surface area contributed by atoms with Gasteiger partial charge in [0.25, 0.3) is 0 Å². The Hall–Kier alpha value is -2.45. The standard InChI is InChI=1S/C22H47N3O.C8H8N4/c1-2-3-4-5-6-7-8-9-10-11-12-13-14-17-20-25-22(26)21(24)18-15-16-19-23;9-7-8(10)12-6-4-2-1-3-5(6)11-7/h21H,2-20,23-24H2,1H3,(H,25,26);1-4H,(H2,9,11)(H2,10,12)/t21-;/m0./s1. The first-order chi connectivity index (χ1) is 18.5. The number of amides is 1. The van der Waals surface area contributed by atoms with Gasteiger partial charge in [-0.2, -0.15) is 0 Å². The number of benzene rings is 1. The van der Waals surface area contributed by atoms with Crippen LogP contribution in [0, 0.1) is 0 Å². The molecule has 1 aromatic heterocycles. The quantitative estimate of drug-likeness (QED) is 0.135. The topological polar surface area (TPSA) is 159 Å². The van der Waals surface area contributed by atoms with Crippen LogP contribution in [0.4, 0.5) is 11.6 Å². The van der Waals surface area contributed by atoms with Gasteiger partial charge in [-0.3, -0.25) is 4.79 Å². The molecule has 0 bridgehead atoms. The van der Waals surface area contributed by atoms with Crippen molar-refractivity contribution in [1.82, 2.24) is 15.3 Å². The van der Waals surface area contributed by atoms with Crippen LogP contribution in [-0.2, 0) is 4.79 Å². The number of nitrogens with one attached hydrogen (secondary N) is 1. The second kappa shape index (κ2) is 22.5. The Kier molecular flexibility index (Phi) is 19.9. The number of para-hydroxylation sites is 2. The van der Waals surface area contributed by atoms with Crippen molar-refractivity contribution < 1.29 is 4.79 Å². The third-order valence-electron chi connectivity index (χ3n) is 6.76. The van der Waals surface area contributed by atoms with Gasteiger partial charge in [0.15, 0.2) is 11.6 Å². The lowest BCUT2D eigenvalue weighted by molar-refractivity contribution is -0.122. The van der Waals surface area contributed by atoms with Crippen LogP contribution in [0.15, 0.2) is 24.3 Å². The number of unbranched alkanes of at least 4 members (excludes halogenated alkanes) is 14. The van der Waals surface area contributed by atoms with Crippen molar-refractivity contribution in [2.75, 3.05) is 24.6 Å². The molecule has 2 aromatic rings. The number of fused-ring (bicyclic) bond motifs is 1. The molecule has 8 nitrogen and oxygen atoms in total. The van der Waals surface area contributed by atoms with E-state index >= 15 is 0 Å². The Morgan fingerprint density at radius 3 is 1.63 bits per heavy atom. The van der Waals surface area contributed by atoms with Crippen molar-refractivity contribution in [3.05, 3.63) is 24.3 Å². The van der Waals surface area contributed by atoms with Crippen LogP contribution in [0.25, 0.3) is 11.0 Å². The van der Waals surface area contributed by atoms with E-state index in [9.17, 15) is 4.79 Å². The Bertz CT molecular complexity index is 821. The Morgan fingerprint density at radius 2 is 1.18 bits per heavy atom. The van der Waals surface area contributed by atoms with Crippen LogP contribution >= 0.6 is 0 Å². The van der Waals surface area contributed by atoms with E-state index in [0.717, 1.165) is 43.3 Å². The fourth-order valence-corrected chi connectivity index (χ4v) is 4.33.